The fraction of sp³-hybridized carbons (Fsp3) is 0.333. The molecule has 0 fully saturated rings. The minimum atomic E-state index is -4.41. The number of carbonyl (C=O) groups excluding carboxylic acids is 1. The lowest BCUT2D eigenvalue weighted by atomic mass is 10.2. The molecule has 1 amide bonds. The molecule has 1 aromatic rings. The molecule has 1 heterocycles. The van der Waals surface area contributed by atoms with Gasteiger partial charge < -0.3 is 10.6 Å². The average molecular weight is 233 g/mol. The number of carbonyl (C=O) groups is 1. The summed E-state index contributed by atoms with van der Waals surface area (Å²) in [5.74, 6) is -0.365. The summed E-state index contributed by atoms with van der Waals surface area (Å²) >= 11 is 0. The molecule has 16 heavy (non-hydrogen) atoms. The summed E-state index contributed by atoms with van der Waals surface area (Å²) in [5, 5.41) is 4.45. The Morgan fingerprint density at radius 1 is 1.50 bits per heavy atom. The van der Waals surface area contributed by atoms with E-state index in [2.05, 4.69) is 10.3 Å². The molecule has 2 N–H and O–H groups in total. The monoisotopic (exact) mass is 233 g/mol. The van der Waals surface area contributed by atoms with E-state index in [1.54, 1.807) is 12.4 Å². The van der Waals surface area contributed by atoms with Gasteiger partial charge in [-0.15, -0.1) is 0 Å². The van der Waals surface area contributed by atoms with Crippen LogP contribution < -0.4 is 10.6 Å². The number of halogens is 3. The summed E-state index contributed by atoms with van der Waals surface area (Å²) in [6, 6.07) is 2.71. The topological polar surface area (TPSA) is 54.0 Å². The van der Waals surface area contributed by atoms with E-state index in [0.29, 0.717) is 5.82 Å². The van der Waals surface area contributed by atoms with Crippen molar-refractivity contribution in [1.29, 1.82) is 0 Å². The predicted molar refractivity (Wildman–Crippen MR) is 52.2 cm³/mol. The number of amides is 1. The maximum atomic E-state index is 11.8. The SMILES string of the molecule is CNc1cc(C(=O)NCC(F)(F)F)ccn1. The molecule has 0 aromatic carbocycles. The van der Waals surface area contributed by atoms with Crippen LogP contribution >= 0.6 is 0 Å². The third-order valence-corrected chi connectivity index (χ3v) is 1.73. The number of anilines is 1. The Hall–Kier alpha value is -1.79. The van der Waals surface area contributed by atoms with E-state index in [1.807, 2.05) is 0 Å². The number of pyridine rings is 1. The maximum absolute atomic E-state index is 11.8. The highest BCUT2D eigenvalue weighted by molar-refractivity contribution is 5.94. The van der Waals surface area contributed by atoms with Crippen LogP contribution in [0.5, 0.6) is 0 Å². The molecule has 4 nitrogen and oxygen atoms in total. The first-order chi connectivity index (χ1) is 7.42. The van der Waals surface area contributed by atoms with Gasteiger partial charge in [0.25, 0.3) is 5.91 Å². The fourth-order valence-corrected chi connectivity index (χ4v) is 0.991. The highest BCUT2D eigenvalue weighted by Crippen LogP contribution is 2.13. The van der Waals surface area contributed by atoms with E-state index in [4.69, 9.17) is 0 Å². The summed E-state index contributed by atoms with van der Waals surface area (Å²) in [5.41, 5.74) is 0.128. The largest absolute Gasteiger partial charge is 0.405 e. The van der Waals surface area contributed by atoms with Crippen molar-refractivity contribution >= 4 is 11.7 Å². The number of rotatable bonds is 3. The molecule has 0 spiro atoms. The van der Waals surface area contributed by atoms with E-state index >= 15 is 0 Å². The van der Waals surface area contributed by atoms with Gasteiger partial charge in [0.1, 0.15) is 12.4 Å². The van der Waals surface area contributed by atoms with Gasteiger partial charge in [0.2, 0.25) is 0 Å². The van der Waals surface area contributed by atoms with Crippen LogP contribution in [0.25, 0.3) is 0 Å². The first-order valence-corrected chi connectivity index (χ1v) is 4.41. The smallest absolute Gasteiger partial charge is 0.373 e. The van der Waals surface area contributed by atoms with E-state index in [1.165, 1.54) is 18.3 Å². The summed E-state index contributed by atoms with van der Waals surface area (Å²) in [6.07, 6.45) is -3.07. The number of nitrogens with zero attached hydrogens (tertiary/aromatic N) is 1. The second kappa shape index (κ2) is 4.82. The van der Waals surface area contributed by atoms with Crippen LogP contribution in [0.1, 0.15) is 10.4 Å². The standard InChI is InChI=1S/C9H10F3N3O/c1-13-7-4-6(2-3-14-7)8(16)15-5-9(10,11)12/h2-4H,5H2,1H3,(H,13,14)(H,15,16). The first kappa shape index (κ1) is 12.3. The van der Waals surface area contributed by atoms with E-state index in [9.17, 15) is 18.0 Å². The molecular formula is C9H10F3N3O. The molecule has 0 saturated heterocycles. The quantitative estimate of drug-likeness (QED) is 0.830. The Labute approximate surface area is 89.9 Å². The van der Waals surface area contributed by atoms with Crippen LogP contribution in [-0.2, 0) is 0 Å². The van der Waals surface area contributed by atoms with Crippen molar-refractivity contribution < 1.29 is 18.0 Å². The number of alkyl halides is 3. The van der Waals surface area contributed by atoms with Gasteiger partial charge in [0.05, 0.1) is 0 Å². The zero-order chi connectivity index (χ0) is 12.2. The molecule has 1 rings (SSSR count). The second-order valence-corrected chi connectivity index (χ2v) is 2.98. The predicted octanol–water partition coefficient (Wildman–Crippen LogP) is 1.42. The van der Waals surface area contributed by atoms with Crippen LogP contribution in [0.2, 0.25) is 0 Å². The Bertz CT molecular complexity index is 379. The number of nitrogens with one attached hydrogen (secondary N) is 2. The molecule has 0 aliphatic heterocycles. The highest BCUT2D eigenvalue weighted by Gasteiger charge is 2.27. The van der Waals surface area contributed by atoms with Crippen molar-refractivity contribution in [2.75, 3.05) is 18.9 Å². The minimum Gasteiger partial charge on any atom is -0.373 e. The third kappa shape index (κ3) is 3.76. The lowest BCUT2D eigenvalue weighted by Crippen LogP contribution is -2.33. The Balaban J connectivity index is 2.66. The second-order valence-electron chi connectivity index (χ2n) is 2.98. The lowest BCUT2D eigenvalue weighted by Gasteiger charge is -2.08. The van der Waals surface area contributed by atoms with Gasteiger partial charge in [-0.2, -0.15) is 13.2 Å². The molecule has 0 radical (unpaired) electrons. The van der Waals surface area contributed by atoms with Crippen molar-refractivity contribution in [3.63, 3.8) is 0 Å². The Kier molecular flexibility index (Phi) is 3.70. The Morgan fingerprint density at radius 2 is 2.19 bits per heavy atom. The van der Waals surface area contributed by atoms with Gasteiger partial charge in [-0.25, -0.2) is 4.98 Å². The molecule has 88 valence electrons. The summed E-state index contributed by atoms with van der Waals surface area (Å²) in [4.78, 5) is 15.1. The van der Waals surface area contributed by atoms with Crippen LogP contribution in [0.15, 0.2) is 18.3 Å². The number of hydrogen-bond donors (Lipinski definition) is 2. The van der Waals surface area contributed by atoms with E-state index < -0.39 is 18.6 Å². The molecule has 1 aromatic heterocycles. The normalized spacial score (nSPS) is 11.0. The molecule has 0 unspecified atom stereocenters. The van der Waals surface area contributed by atoms with Crippen LogP contribution in [0.4, 0.5) is 19.0 Å². The zero-order valence-corrected chi connectivity index (χ0v) is 8.43. The highest BCUT2D eigenvalue weighted by atomic mass is 19.4. The van der Waals surface area contributed by atoms with E-state index in [0.717, 1.165) is 0 Å². The van der Waals surface area contributed by atoms with Gasteiger partial charge in [-0.1, -0.05) is 0 Å². The van der Waals surface area contributed by atoms with Crippen molar-refractivity contribution in [2.24, 2.45) is 0 Å². The summed E-state index contributed by atoms with van der Waals surface area (Å²) in [6.45, 7) is -1.34. The van der Waals surface area contributed by atoms with Crippen LogP contribution in [0.3, 0.4) is 0 Å². The molecule has 0 atom stereocenters. The van der Waals surface area contributed by atoms with Crippen molar-refractivity contribution in [1.82, 2.24) is 10.3 Å². The van der Waals surface area contributed by atoms with Gasteiger partial charge in [-0.3, -0.25) is 4.79 Å². The van der Waals surface area contributed by atoms with Crippen molar-refractivity contribution in [3.05, 3.63) is 23.9 Å². The number of aromatic nitrogens is 1. The minimum absolute atomic E-state index is 0.128. The Morgan fingerprint density at radius 3 is 2.75 bits per heavy atom. The molecule has 0 saturated carbocycles. The van der Waals surface area contributed by atoms with Crippen LogP contribution in [-0.4, -0.2) is 30.7 Å². The molecule has 0 aliphatic carbocycles. The molecular weight excluding hydrogens is 223 g/mol. The number of hydrogen-bond acceptors (Lipinski definition) is 3. The van der Waals surface area contributed by atoms with Gasteiger partial charge >= 0.3 is 6.18 Å². The lowest BCUT2D eigenvalue weighted by molar-refractivity contribution is -0.123. The molecule has 7 heteroatoms. The summed E-state index contributed by atoms with van der Waals surface area (Å²) < 4.78 is 35.5. The maximum Gasteiger partial charge on any atom is 0.405 e. The van der Waals surface area contributed by atoms with Gasteiger partial charge in [0.15, 0.2) is 0 Å². The third-order valence-electron chi connectivity index (χ3n) is 1.73. The molecule has 0 bridgehead atoms. The van der Waals surface area contributed by atoms with Gasteiger partial charge in [-0.05, 0) is 12.1 Å². The summed E-state index contributed by atoms with van der Waals surface area (Å²) in [7, 11) is 1.60. The first-order valence-electron chi connectivity index (χ1n) is 4.41. The van der Waals surface area contributed by atoms with Crippen molar-refractivity contribution in [2.45, 2.75) is 6.18 Å². The van der Waals surface area contributed by atoms with E-state index in [-0.39, 0.29) is 5.56 Å². The van der Waals surface area contributed by atoms with Crippen LogP contribution in [0, 0.1) is 0 Å². The van der Waals surface area contributed by atoms with Crippen molar-refractivity contribution in [3.8, 4) is 0 Å². The zero-order valence-electron chi connectivity index (χ0n) is 8.43. The molecule has 0 aliphatic rings. The van der Waals surface area contributed by atoms with Gasteiger partial charge in [0, 0.05) is 18.8 Å². The fourth-order valence-electron chi connectivity index (χ4n) is 0.991. The average Bonchev–Trinajstić information content (AvgIpc) is 2.25.